The highest BCUT2D eigenvalue weighted by Crippen LogP contribution is 2.27. The van der Waals surface area contributed by atoms with Crippen LogP contribution < -0.4 is 10.4 Å². The van der Waals surface area contributed by atoms with Crippen molar-refractivity contribution in [3.05, 3.63) is 64.1 Å². The molecular formula is C22H26N2O3. The standard InChI is InChI=1S/C22H26N2O3/c1-15-14-16(22(2,3)4)10-11-19(15)27-20(25)12-13-24-18-9-7-6-8-17(18)23(5)21(24)26/h6-11,14H,12-13H2,1-5H3. The molecule has 2 aromatic carbocycles. The molecule has 0 spiro atoms. The zero-order chi connectivity index (χ0) is 19.8. The number of hydrogen-bond donors (Lipinski definition) is 0. The number of fused-ring (bicyclic) bond motifs is 1. The number of para-hydroxylation sites is 2. The summed E-state index contributed by atoms with van der Waals surface area (Å²) in [7, 11) is 1.74. The SMILES string of the molecule is Cc1cc(C(C)(C)C)ccc1OC(=O)CCn1c(=O)n(C)c2ccccc21. The van der Waals surface area contributed by atoms with Crippen molar-refractivity contribution < 1.29 is 9.53 Å². The minimum Gasteiger partial charge on any atom is -0.426 e. The molecular weight excluding hydrogens is 340 g/mol. The summed E-state index contributed by atoms with van der Waals surface area (Å²) < 4.78 is 8.74. The summed E-state index contributed by atoms with van der Waals surface area (Å²) in [5, 5.41) is 0. The topological polar surface area (TPSA) is 53.2 Å². The molecule has 27 heavy (non-hydrogen) atoms. The molecule has 0 N–H and O–H groups in total. The third kappa shape index (κ3) is 3.82. The van der Waals surface area contributed by atoms with Gasteiger partial charge in [-0.2, -0.15) is 0 Å². The number of aromatic nitrogens is 2. The molecule has 0 aliphatic carbocycles. The zero-order valence-corrected chi connectivity index (χ0v) is 16.6. The van der Waals surface area contributed by atoms with Crippen LogP contribution in [0.25, 0.3) is 11.0 Å². The van der Waals surface area contributed by atoms with Crippen LogP contribution in [0.15, 0.2) is 47.3 Å². The van der Waals surface area contributed by atoms with E-state index in [4.69, 9.17) is 4.74 Å². The molecule has 3 rings (SSSR count). The first-order valence-electron chi connectivity index (χ1n) is 9.14. The number of carbonyl (C=O) groups is 1. The van der Waals surface area contributed by atoms with Crippen LogP contribution in [0.5, 0.6) is 5.75 Å². The molecule has 142 valence electrons. The fourth-order valence-electron chi connectivity index (χ4n) is 3.19. The van der Waals surface area contributed by atoms with Gasteiger partial charge in [-0.3, -0.25) is 13.9 Å². The van der Waals surface area contributed by atoms with Gasteiger partial charge >= 0.3 is 11.7 Å². The number of ether oxygens (including phenoxy) is 1. The Kier molecular flexibility index (Phi) is 4.96. The number of esters is 1. The van der Waals surface area contributed by atoms with Gasteiger partial charge in [0.25, 0.3) is 0 Å². The molecule has 1 aromatic heterocycles. The lowest BCUT2D eigenvalue weighted by molar-refractivity contribution is -0.134. The van der Waals surface area contributed by atoms with E-state index in [2.05, 4.69) is 26.8 Å². The number of aryl methyl sites for hydroxylation is 3. The first kappa shape index (κ1) is 19.0. The molecule has 0 bridgehead atoms. The molecule has 0 amide bonds. The van der Waals surface area contributed by atoms with Gasteiger partial charge in [0.1, 0.15) is 5.75 Å². The van der Waals surface area contributed by atoms with Crippen molar-refractivity contribution in [3.8, 4) is 5.75 Å². The molecule has 5 nitrogen and oxygen atoms in total. The Morgan fingerprint density at radius 3 is 2.37 bits per heavy atom. The van der Waals surface area contributed by atoms with Crippen LogP contribution >= 0.6 is 0 Å². The number of carbonyl (C=O) groups excluding carboxylic acids is 1. The Hall–Kier alpha value is -2.82. The molecule has 1 heterocycles. The summed E-state index contributed by atoms with van der Waals surface area (Å²) >= 11 is 0. The van der Waals surface area contributed by atoms with Gasteiger partial charge < -0.3 is 4.74 Å². The van der Waals surface area contributed by atoms with Gasteiger partial charge in [0.05, 0.1) is 17.5 Å². The Morgan fingerprint density at radius 2 is 1.74 bits per heavy atom. The second-order valence-corrected chi connectivity index (χ2v) is 7.94. The van der Waals surface area contributed by atoms with Crippen LogP contribution in [0, 0.1) is 6.92 Å². The average Bonchev–Trinajstić information content (AvgIpc) is 2.85. The maximum absolute atomic E-state index is 12.4. The average molecular weight is 366 g/mol. The zero-order valence-electron chi connectivity index (χ0n) is 16.6. The molecule has 0 aliphatic heterocycles. The van der Waals surface area contributed by atoms with Crippen LogP contribution in [-0.2, 0) is 23.8 Å². The molecule has 0 unspecified atom stereocenters. The lowest BCUT2D eigenvalue weighted by Crippen LogP contribution is -2.24. The number of hydrogen-bond acceptors (Lipinski definition) is 3. The van der Waals surface area contributed by atoms with E-state index in [1.165, 1.54) is 5.56 Å². The third-order valence-corrected chi connectivity index (χ3v) is 4.86. The quantitative estimate of drug-likeness (QED) is 0.519. The predicted molar refractivity (Wildman–Crippen MR) is 107 cm³/mol. The lowest BCUT2D eigenvalue weighted by atomic mass is 9.86. The largest absolute Gasteiger partial charge is 0.426 e. The summed E-state index contributed by atoms with van der Waals surface area (Å²) in [6.07, 6.45) is 0.133. The highest BCUT2D eigenvalue weighted by Gasteiger charge is 2.16. The van der Waals surface area contributed by atoms with Gasteiger partial charge in [0.15, 0.2) is 0 Å². The van der Waals surface area contributed by atoms with Gasteiger partial charge in [-0.1, -0.05) is 45.0 Å². The number of nitrogens with zero attached hydrogens (tertiary/aromatic N) is 2. The number of rotatable bonds is 4. The maximum Gasteiger partial charge on any atom is 0.328 e. The number of benzene rings is 2. The fraction of sp³-hybridized carbons (Fsp3) is 0.364. The normalized spacial score (nSPS) is 11.7. The van der Waals surface area contributed by atoms with Crippen molar-refractivity contribution in [2.75, 3.05) is 0 Å². The van der Waals surface area contributed by atoms with Crippen LogP contribution in [0.3, 0.4) is 0 Å². The van der Waals surface area contributed by atoms with Crippen molar-refractivity contribution in [2.45, 2.75) is 46.1 Å². The van der Waals surface area contributed by atoms with Crippen LogP contribution in [0.1, 0.15) is 38.3 Å². The van der Waals surface area contributed by atoms with Crippen molar-refractivity contribution in [3.63, 3.8) is 0 Å². The van der Waals surface area contributed by atoms with Crippen molar-refractivity contribution in [1.82, 2.24) is 9.13 Å². The van der Waals surface area contributed by atoms with Crippen molar-refractivity contribution in [2.24, 2.45) is 7.05 Å². The van der Waals surface area contributed by atoms with E-state index >= 15 is 0 Å². The van der Waals surface area contributed by atoms with E-state index in [0.29, 0.717) is 5.75 Å². The lowest BCUT2D eigenvalue weighted by Gasteiger charge is -2.20. The Balaban J connectivity index is 1.73. The first-order chi connectivity index (χ1) is 12.7. The third-order valence-electron chi connectivity index (χ3n) is 4.86. The molecule has 0 radical (unpaired) electrons. The van der Waals surface area contributed by atoms with E-state index in [-0.39, 0.29) is 30.0 Å². The van der Waals surface area contributed by atoms with Crippen LogP contribution in [0.4, 0.5) is 0 Å². The van der Waals surface area contributed by atoms with Crippen molar-refractivity contribution in [1.29, 1.82) is 0 Å². The highest BCUT2D eigenvalue weighted by molar-refractivity contribution is 5.76. The smallest absolute Gasteiger partial charge is 0.328 e. The summed E-state index contributed by atoms with van der Waals surface area (Å²) in [6.45, 7) is 8.67. The second kappa shape index (κ2) is 7.06. The Labute approximate surface area is 159 Å². The Morgan fingerprint density at radius 1 is 1.07 bits per heavy atom. The fourth-order valence-corrected chi connectivity index (χ4v) is 3.19. The van der Waals surface area contributed by atoms with E-state index in [1.54, 1.807) is 16.2 Å². The summed E-state index contributed by atoms with van der Waals surface area (Å²) in [4.78, 5) is 24.7. The maximum atomic E-state index is 12.4. The van der Waals surface area contributed by atoms with Gasteiger partial charge in [-0.15, -0.1) is 0 Å². The predicted octanol–water partition coefficient (Wildman–Crippen LogP) is 3.94. The molecule has 5 heteroatoms. The van der Waals surface area contributed by atoms with Crippen LogP contribution in [0.2, 0.25) is 0 Å². The molecule has 0 atom stereocenters. The first-order valence-corrected chi connectivity index (χ1v) is 9.14. The summed E-state index contributed by atoms with van der Waals surface area (Å²) in [5.74, 6) is 0.222. The van der Waals surface area contributed by atoms with Crippen LogP contribution in [-0.4, -0.2) is 15.1 Å². The van der Waals surface area contributed by atoms with E-state index in [1.807, 2.05) is 43.3 Å². The summed E-state index contributed by atoms with van der Waals surface area (Å²) in [5.41, 5.74) is 3.71. The van der Waals surface area contributed by atoms with E-state index in [9.17, 15) is 9.59 Å². The van der Waals surface area contributed by atoms with E-state index in [0.717, 1.165) is 16.6 Å². The minimum absolute atomic E-state index is 0.0445. The second-order valence-electron chi connectivity index (χ2n) is 7.94. The van der Waals surface area contributed by atoms with Gasteiger partial charge in [0, 0.05) is 13.6 Å². The molecule has 3 aromatic rings. The molecule has 0 saturated heterocycles. The van der Waals surface area contributed by atoms with Crippen molar-refractivity contribution >= 4 is 17.0 Å². The Bertz CT molecular complexity index is 1050. The van der Waals surface area contributed by atoms with Gasteiger partial charge in [-0.05, 0) is 41.7 Å². The minimum atomic E-state index is -0.346. The molecule has 0 fully saturated rings. The summed E-state index contributed by atoms with van der Waals surface area (Å²) in [6, 6.07) is 13.4. The monoisotopic (exact) mass is 366 g/mol. The van der Waals surface area contributed by atoms with Gasteiger partial charge in [0.2, 0.25) is 0 Å². The molecule has 0 aliphatic rings. The number of imidazole rings is 1. The van der Waals surface area contributed by atoms with E-state index < -0.39 is 0 Å². The highest BCUT2D eigenvalue weighted by atomic mass is 16.5. The molecule has 0 saturated carbocycles. The van der Waals surface area contributed by atoms with Gasteiger partial charge in [-0.25, -0.2) is 4.79 Å².